The number of sulfone groups is 1. The van der Waals surface area contributed by atoms with Crippen molar-refractivity contribution in [2.24, 2.45) is 0 Å². The summed E-state index contributed by atoms with van der Waals surface area (Å²) in [5, 5.41) is 11.8. The molecule has 4 rings (SSSR count). The van der Waals surface area contributed by atoms with Crippen LogP contribution in [-0.2, 0) is 29.3 Å². The van der Waals surface area contributed by atoms with Gasteiger partial charge in [-0.15, -0.1) is 0 Å². The van der Waals surface area contributed by atoms with Crippen LogP contribution in [0.1, 0.15) is 16.8 Å². The first-order valence-electron chi connectivity index (χ1n) is 8.33. The van der Waals surface area contributed by atoms with E-state index in [1.165, 1.54) is 6.07 Å². The van der Waals surface area contributed by atoms with Crippen molar-refractivity contribution in [1.82, 2.24) is 19.9 Å². The van der Waals surface area contributed by atoms with E-state index < -0.39 is 9.84 Å². The molecule has 9 nitrogen and oxygen atoms in total. The highest BCUT2D eigenvalue weighted by Gasteiger charge is 2.23. The van der Waals surface area contributed by atoms with E-state index in [0.717, 1.165) is 29.4 Å². The van der Waals surface area contributed by atoms with E-state index in [0.29, 0.717) is 30.6 Å². The summed E-state index contributed by atoms with van der Waals surface area (Å²) in [4.78, 5) is 24.3. The molecule has 0 bridgehead atoms. The first-order chi connectivity index (χ1) is 12.8. The fourth-order valence-corrected chi connectivity index (χ4v) is 3.93. The van der Waals surface area contributed by atoms with Gasteiger partial charge in [0.15, 0.2) is 0 Å². The van der Waals surface area contributed by atoms with Gasteiger partial charge in [0.25, 0.3) is 5.69 Å². The number of aromatic nitrogens is 3. The van der Waals surface area contributed by atoms with Crippen molar-refractivity contribution in [2.75, 3.05) is 12.8 Å². The fraction of sp³-hybridized carbons (Fsp3) is 0.294. The maximum absolute atomic E-state index is 11.7. The predicted octanol–water partition coefficient (Wildman–Crippen LogP) is 1.83. The molecule has 0 radical (unpaired) electrons. The Morgan fingerprint density at radius 3 is 2.93 bits per heavy atom. The molecule has 0 amide bonds. The number of benzene rings is 1. The Labute approximate surface area is 155 Å². The van der Waals surface area contributed by atoms with Gasteiger partial charge in [-0.2, -0.15) is 0 Å². The van der Waals surface area contributed by atoms with Crippen molar-refractivity contribution in [1.29, 1.82) is 0 Å². The van der Waals surface area contributed by atoms with Gasteiger partial charge in [-0.1, -0.05) is 6.07 Å². The summed E-state index contributed by atoms with van der Waals surface area (Å²) >= 11 is 0. The average molecular weight is 387 g/mol. The SMILES string of the molecule is CS(=O)(=O)c1ncc2c(n1)CN(Cc1c[nH]c3cccc([N+](=O)[O-])c13)CC2. The molecule has 3 aromatic rings. The van der Waals surface area contributed by atoms with Crippen molar-refractivity contribution in [3.8, 4) is 0 Å². The van der Waals surface area contributed by atoms with E-state index in [9.17, 15) is 18.5 Å². The monoisotopic (exact) mass is 387 g/mol. The maximum atomic E-state index is 11.7. The van der Waals surface area contributed by atoms with E-state index >= 15 is 0 Å². The zero-order valence-corrected chi connectivity index (χ0v) is 15.4. The molecular formula is C17H17N5O4S. The standard InChI is InChI=1S/C17H17N5O4S/c1-27(25,26)17-19-7-11-5-6-21(10-14(11)20-17)9-12-8-18-13-3-2-4-15(16(12)13)22(23)24/h2-4,7-8,18H,5-6,9-10H2,1H3. The van der Waals surface area contributed by atoms with E-state index in [1.807, 2.05) is 6.07 Å². The highest BCUT2D eigenvalue weighted by atomic mass is 32.2. The first-order valence-corrected chi connectivity index (χ1v) is 10.2. The lowest BCUT2D eigenvalue weighted by Gasteiger charge is -2.27. The van der Waals surface area contributed by atoms with Gasteiger partial charge >= 0.3 is 0 Å². The van der Waals surface area contributed by atoms with Crippen molar-refractivity contribution >= 4 is 26.4 Å². The smallest absolute Gasteiger partial charge is 0.279 e. The van der Waals surface area contributed by atoms with Crippen LogP contribution >= 0.6 is 0 Å². The first kappa shape index (κ1) is 17.6. The Balaban J connectivity index is 1.64. The summed E-state index contributed by atoms with van der Waals surface area (Å²) in [6.45, 7) is 1.71. The van der Waals surface area contributed by atoms with Gasteiger partial charge in [0.05, 0.1) is 21.5 Å². The predicted molar refractivity (Wildman–Crippen MR) is 97.9 cm³/mol. The molecular weight excluding hydrogens is 370 g/mol. The van der Waals surface area contributed by atoms with Crippen molar-refractivity contribution in [2.45, 2.75) is 24.7 Å². The largest absolute Gasteiger partial charge is 0.361 e. The van der Waals surface area contributed by atoms with Gasteiger partial charge in [-0.25, -0.2) is 18.4 Å². The summed E-state index contributed by atoms with van der Waals surface area (Å²) in [5.74, 6) is 0. The molecule has 1 N–H and O–H groups in total. The van der Waals surface area contributed by atoms with Crippen molar-refractivity contribution < 1.29 is 13.3 Å². The summed E-state index contributed by atoms with van der Waals surface area (Å²) in [6, 6.07) is 4.96. The number of fused-ring (bicyclic) bond motifs is 2. The molecule has 10 heteroatoms. The third kappa shape index (κ3) is 3.28. The number of nitro benzene ring substituents is 1. The van der Waals surface area contributed by atoms with Gasteiger partial charge in [0.2, 0.25) is 15.0 Å². The second kappa shape index (κ2) is 6.39. The number of aromatic amines is 1. The van der Waals surface area contributed by atoms with E-state index in [1.54, 1.807) is 18.5 Å². The molecule has 0 unspecified atom stereocenters. The molecule has 0 saturated heterocycles. The second-order valence-corrected chi connectivity index (χ2v) is 8.54. The Morgan fingerprint density at radius 1 is 1.37 bits per heavy atom. The van der Waals surface area contributed by atoms with Crippen LogP contribution < -0.4 is 0 Å². The van der Waals surface area contributed by atoms with Gasteiger partial charge in [-0.3, -0.25) is 15.0 Å². The average Bonchev–Trinajstić information content (AvgIpc) is 3.03. The lowest BCUT2D eigenvalue weighted by atomic mass is 10.1. The fourth-order valence-electron chi connectivity index (χ4n) is 3.41. The van der Waals surface area contributed by atoms with Crippen LogP contribution in [0.4, 0.5) is 5.69 Å². The van der Waals surface area contributed by atoms with Crippen LogP contribution in [0.3, 0.4) is 0 Å². The van der Waals surface area contributed by atoms with Crippen LogP contribution in [-0.4, -0.2) is 46.0 Å². The van der Waals surface area contributed by atoms with E-state index in [2.05, 4.69) is 19.9 Å². The van der Waals surface area contributed by atoms with Gasteiger partial charge < -0.3 is 4.98 Å². The molecule has 0 spiro atoms. The van der Waals surface area contributed by atoms with Crippen LogP contribution in [0.25, 0.3) is 10.9 Å². The summed E-state index contributed by atoms with van der Waals surface area (Å²) in [6.07, 6.45) is 5.14. The second-order valence-electron chi connectivity index (χ2n) is 6.63. The molecule has 2 aromatic heterocycles. The molecule has 1 aliphatic rings. The number of H-pyrrole nitrogens is 1. The molecule has 0 fully saturated rings. The summed E-state index contributed by atoms with van der Waals surface area (Å²) in [7, 11) is -3.47. The zero-order chi connectivity index (χ0) is 19.2. The topological polar surface area (TPSA) is 122 Å². The van der Waals surface area contributed by atoms with Crippen molar-refractivity contribution in [3.63, 3.8) is 0 Å². The molecule has 3 heterocycles. The van der Waals surface area contributed by atoms with Gasteiger partial charge in [0.1, 0.15) is 0 Å². The van der Waals surface area contributed by atoms with Crippen molar-refractivity contribution in [3.05, 3.63) is 57.5 Å². The number of hydrogen-bond acceptors (Lipinski definition) is 7. The third-order valence-corrected chi connectivity index (χ3v) is 5.55. The Bertz CT molecular complexity index is 1160. The van der Waals surface area contributed by atoms with Gasteiger partial charge in [0, 0.05) is 44.4 Å². The van der Waals surface area contributed by atoms with Crippen LogP contribution in [0.5, 0.6) is 0 Å². The minimum atomic E-state index is -3.47. The maximum Gasteiger partial charge on any atom is 0.279 e. The highest BCUT2D eigenvalue weighted by molar-refractivity contribution is 7.90. The number of hydrogen-bond donors (Lipinski definition) is 1. The summed E-state index contributed by atoms with van der Waals surface area (Å²) < 4.78 is 23.4. The molecule has 140 valence electrons. The van der Waals surface area contributed by atoms with Gasteiger partial charge in [-0.05, 0) is 23.6 Å². The summed E-state index contributed by atoms with van der Waals surface area (Å²) in [5.41, 5.74) is 3.24. The molecule has 0 aliphatic carbocycles. The number of non-ortho nitro benzene ring substituents is 1. The highest BCUT2D eigenvalue weighted by Crippen LogP contribution is 2.30. The Kier molecular flexibility index (Phi) is 4.16. The number of nitrogens with one attached hydrogen (secondary N) is 1. The minimum absolute atomic E-state index is 0.0721. The lowest BCUT2D eigenvalue weighted by Crippen LogP contribution is -2.31. The quantitative estimate of drug-likeness (QED) is 0.412. The molecule has 1 aromatic carbocycles. The Morgan fingerprint density at radius 2 is 2.19 bits per heavy atom. The lowest BCUT2D eigenvalue weighted by molar-refractivity contribution is -0.383. The minimum Gasteiger partial charge on any atom is -0.361 e. The number of nitrogens with zero attached hydrogens (tertiary/aromatic N) is 4. The number of rotatable bonds is 4. The Hall–Kier alpha value is -2.85. The normalized spacial score (nSPS) is 15.0. The molecule has 0 saturated carbocycles. The van der Waals surface area contributed by atoms with Crippen LogP contribution in [0.15, 0.2) is 35.7 Å². The number of nitro groups is 1. The van der Waals surface area contributed by atoms with Crippen LogP contribution in [0.2, 0.25) is 0 Å². The molecule has 27 heavy (non-hydrogen) atoms. The third-order valence-electron chi connectivity index (χ3n) is 4.69. The molecule has 1 aliphatic heterocycles. The van der Waals surface area contributed by atoms with Crippen LogP contribution in [0, 0.1) is 10.1 Å². The van der Waals surface area contributed by atoms with E-state index in [4.69, 9.17) is 0 Å². The zero-order valence-electron chi connectivity index (χ0n) is 14.5. The van der Waals surface area contributed by atoms with E-state index in [-0.39, 0.29) is 15.8 Å². The molecule has 0 atom stereocenters.